The van der Waals surface area contributed by atoms with E-state index in [1.807, 2.05) is 46.8 Å². The number of nitrogens with one attached hydrogen (secondary N) is 1. The van der Waals surface area contributed by atoms with Crippen molar-refractivity contribution in [1.29, 1.82) is 0 Å². The molecule has 94 valence electrons. The lowest BCUT2D eigenvalue weighted by atomic mass is 10.1. The minimum Gasteiger partial charge on any atom is -0.444 e. The van der Waals surface area contributed by atoms with Crippen molar-refractivity contribution in [2.75, 3.05) is 5.32 Å². The Morgan fingerprint density at radius 3 is 2.35 bits per heavy atom. The lowest BCUT2D eigenvalue weighted by Gasteiger charge is -2.20. The maximum Gasteiger partial charge on any atom is 0.412 e. The fourth-order valence-corrected chi connectivity index (χ4v) is 2.25. The monoisotopic (exact) mass is 299 g/mol. The molecule has 1 aromatic rings. The van der Waals surface area contributed by atoms with E-state index in [1.165, 1.54) is 0 Å². The molecule has 0 bridgehead atoms. The number of benzene rings is 1. The minimum absolute atomic E-state index is 0.440. The van der Waals surface area contributed by atoms with Crippen LogP contribution in [0.25, 0.3) is 0 Å². The molecule has 0 saturated heterocycles. The van der Waals surface area contributed by atoms with Gasteiger partial charge in [-0.1, -0.05) is 6.07 Å². The summed E-state index contributed by atoms with van der Waals surface area (Å²) >= 11 is 3.44. The third-order valence-electron chi connectivity index (χ3n) is 2.06. The largest absolute Gasteiger partial charge is 0.444 e. The number of anilines is 1. The van der Waals surface area contributed by atoms with Crippen molar-refractivity contribution in [3.05, 3.63) is 27.7 Å². The molecule has 0 aliphatic heterocycles. The van der Waals surface area contributed by atoms with Gasteiger partial charge in [-0.3, -0.25) is 5.32 Å². The van der Waals surface area contributed by atoms with Gasteiger partial charge in [0, 0.05) is 4.47 Å². The van der Waals surface area contributed by atoms with Crippen LogP contribution in [-0.2, 0) is 4.74 Å². The lowest BCUT2D eigenvalue weighted by Crippen LogP contribution is -2.27. The second-order valence-electron chi connectivity index (χ2n) is 5.07. The van der Waals surface area contributed by atoms with E-state index in [2.05, 4.69) is 21.2 Å². The number of halogens is 1. The maximum absolute atomic E-state index is 11.7. The van der Waals surface area contributed by atoms with Crippen LogP contribution >= 0.6 is 15.9 Å². The Labute approximate surface area is 111 Å². The van der Waals surface area contributed by atoms with E-state index >= 15 is 0 Å². The number of amides is 1. The zero-order chi connectivity index (χ0) is 13.2. The summed E-state index contributed by atoms with van der Waals surface area (Å²) in [5, 5.41) is 2.75. The van der Waals surface area contributed by atoms with Gasteiger partial charge >= 0.3 is 6.09 Å². The number of carbonyl (C=O) groups excluding carboxylic acids is 1. The highest BCUT2D eigenvalue weighted by atomic mass is 79.9. The Morgan fingerprint density at radius 2 is 1.88 bits per heavy atom. The molecule has 0 aromatic heterocycles. The number of rotatable bonds is 1. The number of hydrogen-bond donors (Lipinski definition) is 1. The number of aryl methyl sites for hydroxylation is 2. The van der Waals surface area contributed by atoms with Crippen molar-refractivity contribution < 1.29 is 9.53 Å². The lowest BCUT2D eigenvalue weighted by molar-refractivity contribution is 0.0635. The normalized spacial score (nSPS) is 11.2. The molecule has 0 saturated carbocycles. The fraction of sp³-hybridized carbons (Fsp3) is 0.462. The molecule has 0 unspecified atom stereocenters. The van der Waals surface area contributed by atoms with Crippen LogP contribution in [0.15, 0.2) is 16.6 Å². The second kappa shape index (κ2) is 5.08. The first-order chi connectivity index (χ1) is 7.69. The zero-order valence-corrected chi connectivity index (χ0v) is 12.4. The van der Waals surface area contributed by atoms with Crippen LogP contribution in [0.4, 0.5) is 10.5 Å². The Kier molecular flexibility index (Phi) is 4.20. The smallest absolute Gasteiger partial charge is 0.412 e. The van der Waals surface area contributed by atoms with Crippen LogP contribution < -0.4 is 5.32 Å². The third kappa shape index (κ3) is 4.38. The summed E-state index contributed by atoms with van der Waals surface area (Å²) in [4.78, 5) is 11.7. The molecule has 4 heteroatoms. The van der Waals surface area contributed by atoms with Crippen LogP contribution in [0.3, 0.4) is 0 Å². The average Bonchev–Trinajstić information content (AvgIpc) is 2.08. The standard InChI is InChI=1S/C13H18BrNO2/c1-8-6-9(2)11(10(14)7-8)15-12(16)17-13(3,4)5/h6-7H,1-5H3,(H,15,16). The molecule has 0 fully saturated rings. The molecule has 17 heavy (non-hydrogen) atoms. The van der Waals surface area contributed by atoms with E-state index in [1.54, 1.807) is 0 Å². The van der Waals surface area contributed by atoms with E-state index < -0.39 is 11.7 Å². The van der Waals surface area contributed by atoms with E-state index in [0.717, 1.165) is 21.3 Å². The number of ether oxygens (including phenoxy) is 1. The number of carbonyl (C=O) groups is 1. The molecule has 1 rings (SSSR count). The molecule has 1 amide bonds. The summed E-state index contributed by atoms with van der Waals surface area (Å²) in [6, 6.07) is 3.97. The summed E-state index contributed by atoms with van der Waals surface area (Å²) in [7, 11) is 0. The van der Waals surface area contributed by atoms with Crippen molar-refractivity contribution in [3.63, 3.8) is 0 Å². The highest BCUT2D eigenvalue weighted by molar-refractivity contribution is 9.10. The van der Waals surface area contributed by atoms with Gasteiger partial charge in [0.25, 0.3) is 0 Å². The SMILES string of the molecule is Cc1cc(C)c(NC(=O)OC(C)(C)C)c(Br)c1. The van der Waals surface area contributed by atoms with Gasteiger partial charge in [0.1, 0.15) is 5.60 Å². The maximum atomic E-state index is 11.7. The van der Waals surface area contributed by atoms with Crippen molar-refractivity contribution in [3.8, 4) is 0 Å². The Bertz CT molecular complexity index is 413. The quantitative estimate of drug-likeness (QED) is 0.834. The average molecular weight is 300 g/mol. The predicted molar refractivity (Wildman–Crippen MR) is 73.5 cm³/mol. The first-order valence-electron chi connectivity index (χ1n) is 5.46. The first kappa shape index (κ1) is 14.0. The second-order valence-corrected chi connectivity index (χ2v) is 5.92. The Balaban J connectivity index is 2.86. The molecule has 0 aliphatic rings. The molecule has 3 nitrogen and oxygen atoms in total. The first-order valence-corrected chi connectivity index (χ1v) is 6.25. The van der Waals surface area contributed by atoms with E-state index in [4.69, 9.17) is 4.74 Å². The highest BCUT2D eigenvalue weighted by Gasteiger charge is 2.17. The van der Waals surface area contributed by atoms with E-state index in [-0.39, 0.29) is 0 Å². The molecular weight excluding hydrogens is 282 g/mol. The van der Waals surface area contributed by atoms with Gasteiger partial charge in [-0.25, -0.2) is 4.79 Å². The van der Waals surface area contributed by atoms with Gasteiger partial charge in [-0.15, -0.1) is 0 Å². The zero-order valence-electron chi connectivity index (χ0n) is 10.8. The molecule has 0 radical (unpaired) electrons. The highest BCUT2D eigenvalue weighted by Crippen LogP contribution is 2.28. The van der Waals surface area contributed by atoms with E-state index in [0.29, 0.717) is 0 Å². The minimum atomic E-state index is -0.491. The van der Waals surface area contributed by atoms with Gasteiger partial charge < -0.3 is 4.74 Å². The van der Waals surface area contributed by atoms with Crippen molar-refractivity contribution in [2.45, 2.75) is 40.2 Å². The molecular formula is C13H18BrNO2. The summed E-state index contributed by atoms with van der Waals surface area (Å²) < 4.78 is 6.07. The summed E-state index contributed by atoms with van der Waals surface area (Å²) in [6.45, 7) is 9.47. The molecule has 0 spiro atoms. The summed E-state index contributed by atoms with van der Waals surface area (Å²) in [5.41, 5.74) is 2.41. The van der Waals surface area contributed by atoms with Crippen LogP contribution in [-0.4, -0.2) is 11.7 Å². The number of hydrogen-bond acceptors (Lipinski definition) is 2. The third-order valence-corrected chi connectivity index (χ3v) is 2.68. The topological polar surface area (TPSA) is 38.3 Å². The van der Waals surface area contributed by atoms with Gasteiger partial charge in [0.15, 0.2) is 0 Å². The van der Waals surface area contributed by atoms with Crippen LogP contribution in [0.2, 0.25) is 0 Å². The Morgan fingerprint density at radius 1 is 1.29 bits per heavy atom. The molecule has 1 N–H and O–H groups in total. The fourth-order valence-electron chi connectivity index (χ4n) is 1.48. The van der Waals surface area contributed by atoms with E-state index in [9.17, 15) is 4.79 Å². The van der Waals surface area contributed by atoms with Crippen LogP contribution in [0.5, 0.6) is 0 Å². The van der Waals surface area contributed by atoms with Crippen molar-refractivity contribution >= 4 is 27.7 Å². The molecule has 0 heterocycles. The predicted octanol–water partition coefficient (Wildman–Crippen LogP) is 4.41. The Hall–Kier alpha value is -1.03. The van der Waals surface area contributed by atoms with Crippen molar-refractivity contribution in [2.24, 2.45) is 0 Å². The molecule has 0 atom stereocenters. The van der Waals surface area contributed by atoms with Crippen LogP contribution in [0.1, 0.15) is 31.9 Å². The van der Waals surface area contributed by atoms with Gasteiger partial charge in [-0.2, -0.15) is 0 Å². The van der Waals surface area contributed by atoms with Gasteiger partial charge in [0.05, 0.1) is 5.69 Å². The van der Waals surface area contributed by atoms with Crippen LogP contribution in [0, 0.1) is 13.8 Å². The molecule has 1 aromatic carbocycles. The molecule has 0 aliphatic carbocycles. The van der Waals surface area contributed by atoms with Crippen molar-refractivity contribution in [1.82, 2.24) is 0 Å². The van der Waals surface area contributed by atoms with Gasteiger partial charge in [0.2, 0.25) is 0 Å². The summed E-state index contributed by atoms with van der Waals surface area (Å²) in [6.07, 6.45) is -0.440. The van der Waals surface area contributed by atoms with Gasteiger partial charge in [-0.05, 0) is 67.7 Å². The summed E-state index contributed by atoms with van der Waals surface area (Å²) in [5.74, 6) is 0.